The average Bonchev–Trinajstić information content (AvgIpc) is 2.83. The molecule has 1 amide bonds. The van der Waals surface area contributed by atoms with Crippen molar-refractivity contribution in [2.45, 2.75) is 6.61 Å². The third-order valence-electron chi connectivity index (χ3n) is 4.88. The predicted octanol–water partition coefficient (Wildman–Crippen LogP) is 5.19. The average molecular weight is 410 g/mol. The Balaban J connectivity index is 1.51. The Morgan fingerprint density at radius 3 is 2.45 bits per heavy atom. The van der Waals surface area contributed by atoms with Gasteiger partial charge in [-0.15, -0.1) is 0 Å². The number of hydrazone groups is 1. The molecule has 5 nitrogen and oxygen atoms in total. The van der Waals surface area contributed by atoms with E-state index >= 15 is 0 Å². The van der Waals surface area contributed by atoms with Crippen LogP contribution in [0.15, 0.2) is 96.1 Å². The zero-order chi connectivity index (χ0) is 21.5. The lowest BCUT2D eigenvalue weighted by molar-refractivity contribution is 0.0950. The van der Waals surface area contributed by atoms with Gasteiger partial charge in [-0.05, 0) is 34.5 Å². The number of carbonyl (C=O) groups is 1. The van der Waals surface area contributed by atoms with Crippen LogP contribution in [0.1, 0.15) is 21.5 Å². The Hall–Kier alpha value is -4.12. The maximum absolute atomic E-state index is 12.7. The zero-order valence-corrected chi connectivity index (χ0v) is 17.1. The van der Waals surface area contributed by atoms with E-state index in [0.29, 0.717) is 23.7 Å². The summed E-state index contributed by atoms with van der Waals surface area (Å²) in [7, 11) is 1.61. The van der Waals surface area contributed by atoms with E-state index in [0.717, 1.165) is 21.9 Å². The Morgan fingerprint density at radius 1 is 0.871 bits per heavy atom. The first kappa shape index (κ1) is 20.2. The van der Waals surface area contributed by atoms with Crippen molar-refractivity contribution in [3.05, 3.63) is 108 Å². The van der Waals surface area contributed by atoms with Crippen LogP contribution in [0.25, 0.3) is 10.8 Å². The zero-order valence-electron chi connectivity index (χ0n) is 17.1. The summed E-state index contributed by atoms with van der Waals surface area (Å²) in [6.07, 6.45) is 1.60. The van der Waals surface area contributed by atoms with Gasteiger partial charge in [-0.25, -0.2) is 5.43 Å². The SMILES string of the molecule is COc1ccc2ccccc2c1/C=N\NC(=O)c1ccccc1OCc1ccccc1. The highest BCUT2D eigenvalue weighted by atomic mass is 16.5. The molecule has 0 atom stereocenters. The molecule has 0 saturated heterocycles. The van der Waals surface area contributed by atoms with Gasteiger partial charge in [-0.3, -0.25) is 4.79 Å². The topological polar surface area (TPSA) is 59.9 Å². The summed E-state index contributed by atoms with van der Waals surface area (Å²) in [6.45, 7) is 0.377. The highest BCUT2D eigenvalue weighted by molar-refractivity contribution is 6.03. The quantitative estimate of drug-likeness (QED) is 0.337. The second-order valence-corrected chi connectivity index (χ2v) is 6.87. The molecule has 0 aliphatic rings. The second kappa shape index (κ2) is 9.59. The van der Waals surface area contributed by atoms with Crippen LogP contribution >= 0.6 is 0 Å². The summed E-state index contributed by atoms with van der Waals surface area (Å²) in [5.41, 5.74) is 4.84. The van der Waals surface area contributed by atoms with Crippen LogP contribution in [0.4, 0.5) is 0 Å². The van der Waals surface area contributed by atoms with E-state index in [1.165, 1.54) is 0 Å². The van der Waals surface area contributed by atoms with Crippen molar-refractivity contribution in [1.82, 2.24) is 5.43 Å². The van der Waals surface area contributed by atoms with Crippen LogP contribution in [-0.4, -0.2) is 19.2 Å². The first-order chi connectivity index (χ1) is 15.3. The summed E-state index contributed by atoms with van der Waals surface area (Å²) in [5, 5.41) is 6.23. The van der Waals surface area contributed by atoms with E-state index in [1.54, 1.807) is 31.5 Å². The molecular weight excluding hydrogens is 388 g/mol. The fourth-order valence-corrected chi connectivity index (χ4v) is 3.32. The summed E-state index contributed by atoms with van der Waals surface area (Å²) in [6, 6.07) is 28.7. The minimum absolute atomic E-state index is 0.348. The molecule has 154 valence electrons. The molecule has 0 aliphatic carbocycles. The van der Waals surface area contributed by atoms with Crippen molar-refractivity contribution in [2.24, 2.45) is 5.10 Å². The van der Waals surface area contributed by atoms with Crippen LogP contribution in [0.2, 0.25) is 0 Å². The highest BCUT2D eigenvalue weighted by Crippen LogP contribution is 2.26. The first-order valence-corrected chi connectivity index (χ1v) is 9.91. The molecule has 1 N–H and O–H groups in total. The smallest absolute Gasteiger partial charge is 0.275 e. The van der Waals surface area contributed by atoms with Crippen LogP contribution < -0.4 is 14.9 Å². The largest absolute Gasteiger partial charge is 0.496 e. The van der Waals surface area contributed by atoms with Gasteiger partial charge >= 0.3 is 0 Å². The number of hydrogen-bond donors (Lipinski definition) is 1. The van der Waals surface area contributed by atoms with Crippen molar-refractivity contribution < 1.29 is 14.3 Å². The van der Waals surface area contributed by atoms with Crippen LogP contribution in [-0.2, 0) is 6.61 Å². The molecule has 0 spiro atoms. The number of rotatable bonds is 7. The van der Waals surface area contributed by atoms with Crippen molar-refractivity contribution in [3.8, 4) is 11.5 Å². The normalized spacial score (nSPS) is 10.9. The molecule has 0 unspecified atom stereocenters. The maximum Gasteiger partial charge on any atom is 0.275 e. The summed E-state index contributed by atoms with van der Waals surface area (Å²) in [5.74, 6) is 0.837. The van der Waals surface area contributed by atoms with E-state index in [2.05, 4.69) is 10.5 Å². The molecule has 31 heavy (non-hydrogen) atoms. The van der Waals surface area contributed by atoms with Gasteiger partial charge in [0.2, 0.25) is 0 Å². The van der Waals surface area contributed by atoms with Gasteiger partial charge in [0.15, 0.2) is 0 Å². The molecule has 0 aliphatic heterocycles. The molecular formula is C26H22N2O3. The molecule has 0 aromatic heterocycles. The van der Waals surface area contributed by atoms with E-state index in [9.17, 15) is 4.79 Å². The second-order valence-electron chi connectivity index (χ2n) is 6.87. The standard InChI is InChI=1S/C26H22N2O3/c1-30-24-16-15-20-11-5-6-12-21(20)23(24)17-27-28-26(29)22-13-7-8-14-25(22)31-18-19-9-3-2-4-10-19/h2-17H,18H2,1H3,(H,28,29)/b27-17-. The summed E-state index contributed by atoms with van der Waals surface area (Å²) >= 11 is 0. The van der Waals surface area contributed by atoms with Crippen LogP contribution in [0.3, 0.4) is 0 Å². The molecule has 0 fully saturated rings. The molecule has 0 radical (unpaired) electrons. The number of ether oxygens (including phenoxy) is 2. The molecule has 5 heteroatoms. The fourth-order valence-electron chi connectivity index (χ4n) is 3.32. The molecule has 0 saturated carbocycles. The number of hydrogen-bond acceptors (Lipinski definition) is 4. The van der Waals surface area contributed by atoms with Gasteiger partial charge in [0.05, 0.1) is 18.9 Å². The van der Waals surface area contributed by atoms with Crippen molar-refractivity contribution in [2.75, 3.05) is 7.11 Å². The monoisotopic (exact) mass is 410 g/mol. The van der Waals surface area contributed by atoms with Gasteiger partial charge in [0.25, 0.3) is 5.91 Å². The number of fused-ring (bicyclic) bond motifs is 1. The maximum atomic E-state index is 12.7. The lowest BCUT2D eigenvalue weighted by Crippen LogP contribution is -2.18. The lowest BCUT2D eigenvalue weighted by atomic mass is 10.0. The van der Waals surface area contributed by atoms with E-state index in [-0.39, 0.29) is 5.91 Å². The Labute approximate surface area is 180 Å². The Bertz CT molecular complexity index is 1220. The number of benzene rings is 4. The molecule has 0 heterocycles. The molecule has 4 aromatic rings. The van der Waals surface area contributed by atoms with Crippen molar-refractivity contribution >= 4 is 22.9 Å². The van der Waals surface area contributed by atoms with Crippen molar-refractivity contribution in [1.29, 1.82) is 0 Å². The number of para-hydroxylation sites is 1. The van der Waals surface area contributed by atoms with Gasteiger partial charge in [0, 0.05) is 5.56 Å². The van der Waals surface area contributed by atoms with E-state index in [1.807, 2.05) is 72.8 Å². The fraction of sp³-hybridized carbons (Fsp3) is 0.0769. The lowest BCUT2D eigenvalue weighted by Gasteiger charge is -2.11. The third kappa shape index (κ3) is 4.73. The van der Waals surface area contributed by atoms with E-state index < -0.39 is 0 Å². The first-order valence-electron chi connectivity index (χ1n) is 9.91. The minimum Gasteiger partial charge on any atom is -0.496 e. The van der Waals surface area contributed by atoms with E-state index in [4.69, 9.17) is 9.47 Å². The number of methoxy groups -OCH3 is 1. The minimum atomic E-state index is -0.348. The van der Waals surface area contributed by atoms with Crippen LogP contribution in [0.5, 0.6) is 11.5 Å². The van der Waals surface area contributed by atoms with Gasteiger partial charge in [-0.2, -0.15) is 5.10 Å². The van der Waals surface area contributed by atoms with Gasteiger partial charge in [-0.1, -0.05) is 72.8 Å². The number of nitrogens with zero attached hydrogens (tertiary/aromatic N) is 1. The highest BCUT2D eigenvalue weighted by Gasteiger charge is 2.12. The Kier molecular flexibility index (Phi) is 6.24. The summed E-state index contributed by atoms with van der Waals surface area (Å²) < 4.78 is 11.3. The number of amides is 1. The number of carbonyl (C=O) groups excluding carboxylic acids is 1. The van der Waals surface area contributed by atoms with Gasteiger partial charge < -0.3 is 9.47 Å². The van der Waals surface area contributed by atoms with Gasteiger partial charge in [0.1, 0.15) is 18.1 Å². The molecule has 0 bridgehead atoms. The van der Waals surface area contributed by atoms with Crippen molar-refractivity contribution in [3.63, 3.8) is 0 Å². The summed E-state index contributed by atoms with van der Waals surface area (Å²) in [4.78, 5) is 12.7. The van der Waals surface area contributed by atoms with Crippen LogP contribution in [0, 0.1) is 0 Å². The predicted molar refractivity (Wildman–Crippen MR) is 123 cm³/mol. The Morgan fingerprint density at radius 2 is 1.61 bits per heavy atom. The third-order valence-corrected chi connectivity index (χ3v) is 4.88. The molecule has 4 aromatic carbocycles. The molecule has 4 rings (SSSR count). The number of nitrogens with one attached hydrogen (secondary N) is 1.